The molecule has 0 spiro atoms. The first-order chi connectivity index (χ1) is 18.0. The quantitative estimate of drug-likeness (QED) is 0.369. The molecule has 10 nitrogen and oxygen atoms in total. The van der Waals surface area contributed by atoms with Crippen molar-refractivity contribution < 1.29 is 33.8 Å². The number of hydrogen-bond acceptors (Lipinski definition) is 6. The zero-order valence-electron chi connectivity index (χ0n) is 22.8. The van der Waals surface area contributed by atoms with E-state index in [0.717, 1.165) is 18.4 Å². The van der Waals surface area contributed by atoms with Crippen molar-refractivity contribution in [2.45, 2.75) is 84.0 Å². The van der Waals surface area contributed by atoms with Crippen molar-refractivity contribution in [2.24, 2.45) is 11.3 Å². The van der Waals surface area contributed by atoms with E-state index in [9.17, 15) is 24.3 Å². The van der Waals surface area contributed by atoms with Gasteiger partial charge in [0.05, 0.1) is 12.6 Å². The highest BCUT2D eigenvalue weighted by molar-refractivity contribution is 6.38. The van der Waals surface area contributed by atoms with E-state index in [2.05, 4.69) is 10.6 Å². The first kappa shape index (κ1) is 29.4. The van der Waals surface area contributed by atoms with Gasteiger partial charge in [0.1, 0.15) is 12.1 Å². The summed E-state index contributed by atoms with van der Waals surface area (Å²) >= 11 is 0. The lowest BCUT2D eigenvalue weighted by molar-refractivity contribution is -0.139. The van der Waals surface area contributed by atoms with E-state index < -0.39 is 41.4 Å². The van der Waals surface area contributed by atoms with Crippen LogP contribution in [0.5, 0.6) is 0 Å². The van der Waals surface area contributed by atoms with Gasteiger partial charge in [-0.15, -0.1) is 0 Å². The standard InChI is InChI=1S/C28H41N3O7/c1-5-6-12-21(24(32)25(33)29-18(2)20-10-8-7-9-11-20)30-26(34)38-23-16-31(27(35)36)22(28(23,3)4)15-19-13-14-37-17-19/h7-11,18-19,21-23H,5-6,12-17H2,1-4H3,(H,29,33)(H,30,34)(H,35,36)/t18-,19?,21+,22?,23-/m1/s1. The van der Waals surface area contributed by atoms with Gasteiger partial charge in [0.2, 0.25) is 5.78 Å². The lowest BCUT2D eigenvalue weighted by Gasteiger charge is -2.34. The van der Waals surface area contributed by atoms with E-state index in [4.69, 9.17) is 9.47 Å². The Hall–Kier alpha value is -3.14. The van der Waals surface area contributed by atoms with Gasteiger partial charge in [-0.05, 0) is 37.7 Å². The minimum atomic E-state index is -1.06. The fourth-order valence-corrected chi connectivity index (χ4v) is 5.31. The van der Waals surface area contributed by atoms with E-state index >= 15 is 0 Å². The average molecular weight is 532 g/mol. The SMILES string of the molecule is CCCC[C@H](NC(=O)O[C@@H]1CN(C(=O)O)C(CC2CCOC2)C1(C)C)C(=O)C(=O)N[C@H](C)c1ccccc1. The summed E-state index contributed by atoms with van der Waals surface area (Å²) in [5.74, 6) is -1.27. The number of carbonyl (C=O) groups excluding carboxylic acids is 3. The summed E-state index contributed by atoms with van der Waals surface area (Å²) in [6, 6.07) is 7.52. The monoisotopic (exact) mass is 531 g/mol. The molecule has 3 amide bonds. The number of Topliss-reactive ketones (excluding diaryl/α,β-unsaturated/α-hetero) is 1. The van der Waals surface area contributed by atoms with Crippen LogP contribution in [0.3, 0.4) is 0 Å². The lowest BCUT2D eigenvalue weighted by atomic mass is 9.78. The topological polar surface area (TPSA) is 134 Å². The first-order valence-electron chi connectivity index (χ1n) is 13.5. The van der Waals surface area contributed by atoms with Crippen LogP contribution in [0, 0.1) is 11.3 Å². The third kappa shape index (κ3) is 7.24. The Kier molecular flexibility index (Phi) is 10.1. The van der Waals surface area contributed by atoms with Crippen molar-refractivity contribution in [3.63, 3.8) is 0 Å². The highest BCUT2D eigenvalue weighted by Crippen LogP contribution is 2.42. The average Bonchev–Trinajstić information content (AvgIpc) is 3.48. The van der Waals surface area contributed by atoms with E-state index in [0.29, 0.717) is 26.1 Å². The van der Waals surface area contributed by atoms with Gasteiger partial charge in [0, 0.05) is 24.7 Å². The maximum atomic E-state index is 13.0. The second-order valence-corrected chi connectivity index (χ2v) is 10.9. The van der Waals surface area contributed by atoms with Gasteiger partial charge in [0.15, 0.2) is 0 Å². The van der Waals surface area contributed by atoms with Crippen molar-refractivity contribution in [3.05, 3.63) is 35.9 Å². The zero-order valence-corrected chi connectivity index (χ0v) is 22.8. The van der Waals surface area contributed by atoms with E-state index in [-0.39, 0.29) is 31.0 Å². The van der Waals surface area contributed by atoms with Gasteiger partial charge < -0.3 is 30.1 Å². The summed E-state index contributed by atoms with van der Waals surface area (Å²) in [7, 11) is 0. The second-order valence-electron chi connectivity index (χ2n) is 10.9. The Morgan fingerprint density at radius 3 is 2.50 bits per heavy atom. The predicted octanol–water partition coefficient (Wildman–Crippen LogP) is 3.90. The Morgan fingerprint density at radius 2 is 1.89 bits per heavy atom. The first-order valence-corrected chi connectivity index (χ1v) is 13.5. The third-order valence-corrected chi connectivity index (χ3v) is 7.83. The number of amides is 3. The van der Waals surface area contributed by atoms with Crippen LogP contribution in [0.25, 0.3) is 0 Å². The summed E-state index contributed by atoms with van der Waals surface area (Å²) in [5.41, 5.74) is 0.209. The molecule has 0 aliphatic carbocycles. The zero-order chi connectivity index (χ0) is 27.9. The molecule has 0 aromatic heterocycles. The van der Waals surface area contributed by atoms with Crippen molar-refractivity contribution in [3.8, 4) is 0 Å². The largest absolute Gasteiger partial charge is 0.465 e. The molecule has 210 valence electrons. The number of rotatable bonds is 11. The Bertz CT molecular complexity index is 978. The molecule has 0 saturated carbocycles. The minimum Gasteiger partial charge on any atom is -0.465 e. The Balaban J connectivity index is 1.65. The molecule has 2 fully saturated rings. The van der Waals surface area contributed by atoms with Gasteiger partial charge in [-0.1, -0.05) is 63.9 Å². The molecular weight excluding hydrogens is 490 g/mol. The summed E-state index contributed by atoms with van der Waals surface area (Å²) in [6.07, 6.45) is 0.585. The Morgan fingerprint density at radius 1 is 1.18 bits per heavy atom. The fraction of sp³-hybridized carbons (Fsp3) is 0.643. The molecule has 5 atom stereocenters. The van der Waals surface area contributed by atoms with Crippen LogP contribution in [-0.4, -0.2) is 71.8 Å². The number of carboxylic acid groups (broad SMARTS) is 1. The number of benzene rings is 1. The number of carbonyl (C=O) groups is 4. The summed E-state index contributed by atoms with van der Waals surface area (Å²) in [6.45, 7) is 8.83. The minimum absolute atomic E-state index is 0.0383. The number of alkyl carbamates (subject to hydrolysis) is 1. The maximum Gasteiger partial charge on any atom is 0.408 e. The van der Waals surface area contributed by atoms with Crippen LogP contribution in [0.15, 0.2) is 30.3 Å². The van der Waals surface area contributed by atoms with Gasteiger partial charge >= 0.3 is 12.2 Å². The molecular formula is C28H41N3O7. The van der Waals surface area contributed by atoms with E-state index in [1.807, 2.05) is 51.1 Å². The molecule has 1 aromatic carbocycles. The molecule has 3 N–H and O–H groups in total. The van der Waals surface area contributed by atoms with Crippen LogP contribution in [-0.2, 0) is 19.1 Å². The number of ketones is 1. The second kappa shape index (κ2) is 13.1. The summed E-state index contributed by atoms with van der Waals surface area (Å²) in [5, 5.41) is 15.1. The highest BCUT2D eigenvalue weighted by atomic mass is 16.6. The smallest absolute Gasteiger partial charge is 0.408 e. The molecule has 2 unspecified atom stereocenters. The maximum absolute atomic E-state index is 13.0. The molecule has 38 heavy (non-hydrogen) atoms. The van der Waals surface area contributed by atoms with E-state index in [1.54, 1.807) is 6.92 Å². The number of unbranched alkanes of at least 4 members (excludes halogenated alkanes) is 1. The Labute approximate surface area is 224 Å². The number of hydrogen-bond donors (Lipinski definition) is 3. The lowest BCUT2D eigenvalue weighted by Crippen LogP contribution is -2.49. The summed E-state index contributed by atoms with van der Waals surface area (Å²) in [4.78, 5) is 52.1. The fourth-order valence-electron chi connectivity index (χ4n) is 5.31. The predicted molar refractivity (Wildman–Crippen MR) is 141 cm³/mol. The molecule has 2 heterocycles. The van der Waals surface area contributed by atoms with Crippen LogP contribution in [0.1, 0.15) is 71.4 Å². The van der Waals surface area contributed by atoms with Gasteiger partial charge in [-0.3, -0.25) is 9.59 Å². The summed E-state index contributed by atoms with van der Waals surface area (Å²) < 4.78 is 11.2. The van der Waals surface area contributed by atoms with E-state index in [1.165, 1.54) is 4.90 Å². The normalized spacial score (nSPS) is 23.9. The van der Waals surface area contributed by atoms with Crippen LogP contribution < -0.4 is 10.6 Å². The van der Waals surface area contributed by atoms with Crippen LogP contribution in [0.4, 0.5) is 9.59 Å². The van der Waals surface area contributed by atoms with Crippen molar-refractivity contribution >= 4 is 23.9 Å². The molecule has 0 radical (unpaired) electrons. The van der Waals surface area contributed by atoms with Crippen molar-refractivity contribution in [2.75, 3.05) is 19.8 Å². The molecule has 2 aliphatic heterocycles. The van der Waals surface area contributed by atoms with Gasteiger partial charge in [0.25, 0.3) is 5.91 Å². The highest BCUT2D eigenvalue weighted by Gasteiger charge is 2.52. The van der Waals surface area contributed by atoms with Crippen molar-refractivity contribution in [1.82, 2.24) is 15.5 Å². The molecule has 2 saturated heterocycles. The molecule has 0 bridgehead atoms. The van der Waals surface area contributed by atoms with Crippen LogP contribution in [0.2, 0.25) is 0 Å². The van der Waals surface area contributed by atoms with Gasteiger partial charge in [-0.25, -0.2) is 9.59 Å². The van der Waals surface area contributed by atoms with Crippen LogP contribution >= 0.6 is 0 Å². The number of nitrogens with zero attached hydrogens (tertiary/aromatic N) is 1. The molecule has 3 rings (SSSR count). The molecule has 10 heteroatoms. The van der Waals surface area contributed by atoms with Crippen molar-refractivity contribution in [1.29, 1.82) is 0 Å². The number of likely N-dealkylation sites (tertiary alicyclic amines) is 1. The number of nitrogens with one attached hydrogen (secondary N) is 2. The molecule has 1 aromatic rings. The molecule has 2 aliphatic rings. The number of ether oxygens (including phenoxy) is 2. The third-order valence-electron chi connectivity index (χ3n) is 7.83. The van der Waals surface area contributed by atoms with Gasteiger partial charge in [-0.2, -0.15) is 0 Å².